The molecule has 0 amide bonds. The maximum absolute atomic E-state index is 2.55. The molecular formula is C15H25N3. The molecule has 1 saturated heterocycles. The number of benzene rings is 1. The molecule has 0 spiro atoms. The summed E-state index contributed by atoms with van der Waals surface area (Å²) in [4.78, 5) is 7.21. The van der Waals surface area contributed by atoms with Crippen molar-refractivity contribution >= 4 is 5.69 Å². The number of rotatable bonds is 4. The molecule has 0 aromatic heterocycles. The fraction of sp³-hybridized carbons (Fsp3) is 0.600. The Bertz CT molecular complexity index is 351. The van der Waals surface area contributed by atoms with Gasteiger partial charge in [0.2, 0.25) is 0 Å². The molecule has 3 nitrogen and oxygen atoms in total. The largest absolute Gasteiger partial charge is 0.378 e. The molecule has 0 aliphatic carbocycles. The van der Waals surface area contributed by atoms with Gasteiger partial charge in [0.1, 0.15) is 0 Å². The van der Waals surface area contributed by atoms with Gasteiger partial charge in [0, 0.05) is 52.5 Å². The van der Waals surface area contributed by atoms with E-state index in [-0.39, 0.29) is 0 Å². The van der Waals surface area contributed by atoms with E-state index in [1.54, 1.807) is 0 Å². The second-order valence-corrected chi connectivity index (χ2v) is 5.27. The lowest BCUT2D eigenvalue weighted by molar-refractivity contribution is 0.132. The van der Waals surface area contributed by atoms with Crippen molar-refractivity contribution < 1.29 is 0 Å². The molecule has 18 heavy (non-hydrogen) atoms. The summed E-state index contributed by atoms with van der Waals surface area (Å²) >= 11 is 0. The first-order chi connectivity index (χ1) is 8.69. The van der Waals surface area contributed by atoms with Gasteiger partial charge < -0.3 is 9.80 Å². The second kappa shape index (κ2) is 6.21. The Kier molecular flexibility index (Phi) is 4.61. The van der Waals surface area contributed by atoms with Crippen molar-refractivity contribution in [1.29, 1.82) is 0 Å². The Morgan fingerprint density at radius 3 is 2.00 bits per heavy atom. The van der Waals surface area contributed by atoms with Crippen LogP contribution in [0.25, 0.3) is 0 Å². The molecule has 2 rings (SSSR count). The first-order valence-corrected chi connectivity index (χ1v) is 6.90. The van der Waals surface area contributed by atoms with Gasteiger partial charge in [-0.25, -0.2) is 0 Å². The van der Waals surface area contributed by atoms with E-state index in [1.807, 2.05) is 0 Å². The summed E-state index contributed by atoms with van der Waals surface area (Å²) in [6.07, 6.45) is 0. The summed E-state index contributed by atoms with van der Waals surface area (Å²) in [5.41, 5.74) is 2.69. The fourth-order valence-corrected chi connectivity index (χ4v) is 2.42. The molecule has 1 aromatic rings. The molecule has 1 aliphatic heterocycles. The maximum Gasteiger partial charge on any atom is 0.0361 e. The fourth-order valence-electron chi connectivity index (χ4n) is 2.42. The summed E-state index contributed by atoms with van der Waals surface area (Å²) < 4.78 is 0. The summed E-state index contributed by atoms with van der Waals surface area (Å²) in [5, 5.41) is 0. The summed E-state index contributed by atoms with van der Waals surface area (Å²) in [5.74, 6) is 0. The molecule has 0 N–H and O–H groups in total. The van der Waals surface area contributed by atoms with E-state index >= 15 is 0 Å². The number of hydrogen-bond donors (Lipinski definition) is 0. The third kappa shape index (κ3) is 3.47. The minimum atomic E-state index is 1.09. The van der Waals surface area contributed by atoms with Crippen molar-refractivity contribution in [2.75, 3.05) is 51.7 Å². The number of nitrogens with zero attached hydrogens (tertiary/aromatic N) is 3. The third-order valence-corrected chi connectivity index (χ3v) is 3.77. The molecule has 1 fully saturated rings. The lowest BCUT2D eigenvalue weighted by atomic mass is 10.1. The number of anilines is 1. The first-order valence-electron chi connectivity index (χ1n) is 6.90. The van der Waals surface area contributed by atoms with Crippen molar-refractivity contribution in [3.05, 3.63) is 29.8 Å². The molecule has 1 heterocycles. The lowest BCUT2D eigenvalue weighted by Crippen LogP contribution is -2.45. The maximum atomic E-state index is 2.55. The standard InChI is InChI=1S/C15H25N3/c1-4-17-9-11-18(12-10-17)13-14-5-7-15(8-6-14)16(2)3/h5-8H,4,9-13H2,1-3H3. The Morgan fingerprint density at radius 2 is 1.50 bits per heavy atom. The molecule has 1 aliphatic rings. The van der Waals surface area contributed by atoms with Crippen molar-refractivity contribution in [2.45, 2.75) is 13.5 Å². The van der Waals surface area contributed by atoms with Gasteiger partial charge >= 0.3 is 0 Å². The van der Waals surface area contributed by atoms with Crippen molar-refractivity contribution in [2.24, 2.45) is 0 Å². The molecule has 0 atom stereocenters. The highest BCUT2D eigenvalue weighted by molar-refractivity contribution is 5.45. The molecule has 3 heteroatoms. The zero-order chi connectivity index (χ0) is 13.0. The van der Waals surface area contributed by atoms with Crippen LogP contribution < -0.4 is 4.90 Å². The predicted molar refractivity (Wildman–Crippen MR) is 78.2 cm³/mol. The molecule has 0 unspecified atom stereocenters. The normalized spacial score (nSPS) is 17.9. The highest BCUT2D eigenvalue weighted by atomic mass is 15.3. The Balaban J connectivity index is 1.86. The van der Waals surface area contributed by atoms with Crippen LogP contribution in [0, 0.1) is 0 Å². The quantitative estimate of drug-likeness (QED) is 0.804. The van der Waals surface area contributed by atoms with Gasteiger partial charge in [0.05, 0.1) is 0 Å². The van der Waals surface area contributed by atoms with Crippen LogP contribution in [0.2, 0.25) is 0 Å². The van der Waals surface area contributed by atoms with Gasteiger partial charge in [0.15, 0.2) is 0 Å². The van der Waals surface area contributed by atoms with E-state index in [0.29, 0.717) is 0 Å². The van der Waals surface area contributed by atoms with E-state index in [1.165, 1.54) is 44.0 Å². The molecule has 0 radical (unpaired) electrons. The topological polar surface area (TPSA) is 9.72 Å². The Hall–Kier alpha value is -1.06. The van der Waals surface area contributed by atoms with E-state index in [2.05, 4.69) is 60.0 Å². The monoisotopic (exact) mass is 247 g/mol. The van der Waals surface area contributed by atoms with E-state index in [9.17, 15) is 0 Å². The first kappa shape index (κ1) is 13.4. The van der Waals surface area contributed by atoms with Gasteiger partial charge in [-0.1, -0.05) is 19.1 Å². The average molecular weight is 247 g/mol. The van der Waals surface area contributed by atoms with Crippen molar-refractivity contribution in [3.63, 3.8) is 0 Å². The van der Waals surface area contributed by atoms with Crippen LogP contribution >= 0.6 is 0 Å². The van der Waals surface area contributed by atoms with Crippen LogP contribution in [0.1, 0.15) is 12.5 Å². The molecule has 100 valence electrons. The highest BCUT2D eigenvalue weighted by Gasteiger charge is 2.15. The van der Waals surface area contributed by atoms with Crippen LogP contribution in [0.4, 0.5) is 5.69 Å². The van der Waals surface area contributed by atoms with E-state index in [0.717, 1.165) is 6.54 Å². The van der Waals surface area contributed by atoms with Gasteiger partial charge in [0.25, 0.3) is 0 Å². The predicted octanol–water partition coefficient (Wildman–Crippen LogP) is 1.89. The average Bonchev–Trinajstić information content (AvgIpc) is 2.40. The van der Waals surface area contributed by atoms with Gasteiger partial charge in [-0.3, -0.25) is 4.90 Å². The zero-order valence-corrected chi connectivity index (χ0v) is 11.9. The molecule has 1 aromatic carbocycles. The van der Waals surface area contributed by atoms with Crippen molar-refractivity contribution in [1.82, 2.24) is 9.80 Å². The SMILES string of the molecule is CCN1CCN(Cc2ccc(N(C)C)cc2)CC1. The molecule has 0 bridgehead atoms. The summed E-state index contributed by atoms with van der Waals surface area (Å²) in [7, 11) is 4.16. The highest BCUT2D eigenvalue weighted by Crippen LogP contribution is 2.14. The smallest absolute Gasteiger partial charge is 0.0361 e. The van der Waals surface area contributed by atoms with Gasteiger partial charge in [-0.05, 0) is 24.2 Å². The lowest BCUT2D eigenvalue weighted by Gasteiger charge is -2.34. The summed E-state index contributed by atoms with van der Waals surface area (Å²) in [6, 6.07) is 8.91. The van der Waals surface area contributed by atoms with E-state index in [4.69, 9.17) is 0 Å². The molecular weight excluding hydrogens is 222 g/mol. The van der Waals surface area contributed by atoms with E-state index < -0.39 is 0 Å². The minimum Gasteiger partial charge on any atom is -0.378 e. The van der Waals surface area contributed by atoms with Crippen LogP contribution in [-0.4, -0.2) is 56.6 Å². The number of hydrogen-bond acceptors (Lipinski definition) is 3. The van der Waals surface area contributed by atoms with Crippen LogP contribution in [-0.2, 0) is 6.54 Å². The van der Waals surface area contributed by atoms with Crippen LogP contribution in [0.5, 0.6) is 0 Å². The van der Waals surface area contributed by atoms with Crippen molar-refractivity contribution in [3.8, 4) is 0 Å². The summed E-state index contributed by atoms with van der Waals surface area (Å²) in [6.45, 7) is 9.34. The Morgan fingerprint density at radius 1 is 0.944 bits per heavy atom. The number of piperazine rings is 1. The zero-order valence-electron chi connectivity index (χ0n) is 11.9. The van der Waals surface area contributed by atoms with Gasteiger partial charge in [-0.2, -0.15) is 0 Å². The second-order valence-electron chi connectivity index (χ2n) is 5.27. The minimum absolute atomic E-state index is 1.09. The van der Waals surface area contributed by atoms with Crippen LogP contribution in [0.15, 0.2) is 24.3 Å². The number of likely N-dealkylation sites (N-methyl/N-ethyl adjacent to an activating group) is 1. The van der Waals surface area contributed by atoms with Crippen LogP contribution in [0.3, 0.4) is 0 Å². The third-order valence-electron chi connectivity index (χ3n) is 3.77. The van der Waals surface area contributed by atoms with Gasteiger partial charge in [-0.15, -0.1) is 0 Å². The Labute approximate surface area is 111 Å². The molecule has 0 saturated carbocycles.